The average molecular weight is 368 g/mol. The van der Waals surface area contributed by atoms with Gasteiger partial charge in [0.25, 0.3) is 0 Å². The zero-order valence-electron chi connectivity index (χ0n) is 14.8. The Kier molecular flexibility index (Phi) is 6.40. The summed E-state index contributed by atoms with van der Waals surface area (Å²) in [5.74, 6) is -7.70. The lowest BCUT2D eigenvalue weighted by Crippen LogP contribution is -2.17. The molecule has 0 aliphatic rings. The summed E-state index contributed by atoms with van der Waals surface area (Å²) >= 11 is 0. The summed E-state index contributed by atoms with van der Waals surface area (Å²) < 4.78 is 61.9. The van der Waals surface area contributed by atoms with Crippen LogP contribution in [0, 0.1) is 23.3 Å². The fourth-order valence-corrected chi connectivity index (χ4v) is 2.66. The van der Waals surface area contributed by atoms with E-state index in [0.717, 1.165) is 0 Å². The summed E-state index contributed by atoms with van der Waals surface area (Å²) in [5.41, 5.74) is -0.916. The van der Waals surface area contributed by atoms with Crippen molar-refractivity contribution in [2.24, 2.45) is 0 Å². The van der Waals surface area contributed by atoms with E-state index in [4.69, 9.17) is 4.74 Å². The Hall–Kier alpha value is -2.37. The zero-order chi connectivity index (χ0) is 19.4. The third kappa shape index (κ3) is 4.06. The first-order valence-corrected chi connectivity index (χ1v) is 8.37. The first-order valence-electron chi connectivity index (χ1n) is 8.37. The van der Waals surface area contributed by atoms with Crippen molar-refractivity contribution in [2.75, 3.05) is 0 Å². The van der Waals surface area contributed by atoms with Crippen molar-refractivity contribution in [3.05, 3.63) is 70.3 Å². The second-order valence-electron chi connectivity index (χ2n) is 6.18. The number of benzene rings is 2. The van der Waals surface area contributed by atoms with Crippen molar-refractivity contribution < 1.29 is 27.1 Å². The van der Waals surface area contributed by atoms with E-state index in [2.05, 4.69) is 0 Å². The highest BCUT2D eigenvalue weighted by Gasteiger charge is 2.29. The number of hydrogen-bond donors (Lipinski definition) is 0. The van der Waals surface area contributed by atoms with Crippen LogP contribution in [0.3, 0.4) is 0 Å². The van der Waals surface area contributed by atoms with E-state index in [1.807, 2.05) is 0 Å². The summed E-state index contributed by atoms with van der Waals surface area (Å²) in [4.78, 5) is 12.0. The predicted molar refractivity (Wildman–Crippen MR) is 89.6 cm³/mol. The maximum atomic E-state index is 14.2. The molecular weight excluding hydrogens is 348 g/mol. The normalized spacial score (nSPS) is 13.3. The Labute approximate surface area is 149 Å². The Morgan fingerprint density at radius 1 is 0.962 bits per heavy atom. The summed E-state index contributed by atoms with van der Waals surface area (Å²) in [5, 5.41) is 0. The molecule has 2 unspecified atom stereocenters. The second-order valence-corrected chi connectivity index (χ2v) is 6.18. The topological polar surface area (TPSA) is 26.3 Å². The van der Waals surface area contributed by atoms with Gasteiger partial charge >= 0.3 is 5.97 Å². The fraction of sp³-hybridized carbons (Fsp3) is 0.350. The monoisotopic (exact) mass is 368 g/mol. The van der Waals surface area contributed by atoms with Crippen LogP contribution in [0.5, 0.6) is 0 Å². The second kappa shape index (κ2) is 8.34. The predicted octanol–water partition coefficient (Wildman–Crippen LogP) is 5.60. The van der Waals surface area contributed by atoms with Gasteiger partial charge in [-0.3, -0.25) is 4.79 Å². The van der Waals surface area contributed by atoms with Crippen LogP contribution in [0.2, 0.25) is 0 Å². The molecule has 0 aliphatic carbocycles. The first kappa shape index (κ1) is 19.9. The van der Waals surface area contributed by atoms with Gasteiger partial charge in [-0.15, -0.1) is 0 Å². The average Bonchev–Trinajstić information content (AvgIpc) is 2.64. The molecule has 2 aromatic carbocycles. The lowest BCUT2D eigenvalue weighted by atomic mass is 9.94. The highest BCUT2D eigenvalue weighted by atomic mass is 19.2. The van der Waals surface area contributed by atoms with Crippen molar-refractivity contribution in [3.63, 3.8) is 0 Å². The van der Waals surface area contributed by atoms with Crippen molar-refractivity contribution in [1.82, 2.24) is 0 Å². The number of carbonyl (C=O) groups is 1. The Morgan fingerprint density at radius 2 is 1.50 bits per heavy atom. The lowest BCUT2D eigenvalue weighted by molar-refractivity contribution is -0.147. The number of esters is 1. The van der Waals surface area contributed by atoms with Crippen LogP contribution in [-0.4, -0.2) is 5.97 Å². The molecule has 2 nitrogen and oxygen atoms in total. The molecule has 140 valence electrons. The van der Waals surface area contributed by atoms with Gasteiger partial charge in [0.2, 0.25) is 0 Å². The van der Waals surface area contributed by atoms with Gasteiger partial charge in [-0.1, -0.05) is 44.2 Å². The molecule has 0 fully saturated rings. The van der Waals surface area contributed by atoms with Crippen LogP contribution in [-0.2, 0) is 16.0 Å². The van der Waals surface area contributed by atoms with E-state index < -0.39 is 58.8 Å². The quantitative estimate of drug-likeness (QED) is 0.377. The van der Waals surface area contributed by atoms with E-state index in [-0.39, 0.29) is 0 Å². The Morgan fingerprint density at radius 3 is 2.00 bits per heavy atom. The maximum Gasteiger partial charge on any atom is 0.311 e. The largest absolute Gasteiger partial charge is 0.458 e. The van der Waals surface area contributed by atoms with E-state index >= 15 is 0 Å². The van der Waals surface area contributed by atoms with Crippen LogP contribution >= 0.6 is 0 Å². The third-order valence-electron chi connectivity index (χ3n) is 4.39. The molecular formula is C20H20F4O2. The molecule has 0 aliphatic heterocycles. The molecule has 2 rings (SSSR count). The SMILES string of the molecule is CCC(C)c1c(F)c(F)c(CC(=O)OC(C)c2ccccc2)c(F)c1F. The molecule has 0 amide bonds. The zero-order valence-corrected chi connectivity index (χ0v) is 14.8. The summed E-state index contributed by atoms with van der Waals surface area (Å²) in [6, 6.07) is 8.72. The molecule has 2 atom stereocenters. The number of rotatable bonds is 6. The number of hydrogen-bond acceptors (Lipinski definition) is 2. The van der Waals surface area contributed by atoms with Crippen LogP contribution in [0.1, 0.15) is 55.9 Å². The van der Waals surface area contributed by atoms with E-state index in [9.17, 15) is 22.4 Å². The number of carbonyl (C=O) groups excluding carboxylic acids is 1. The molecule has 0 aromatic heterocycles. The Balaban J connectivity index is 2.25. The minimum atomic E-state index is -1.55. The molecule has 0 N–H and O–H groups in total. The first-order chi connectivity index (χ1) is 12.3. The van der Waals surface area contributed by atoms with E-state index in [0.29, 0.717) is 12.0 Å². The molecule has 2 aromatic rings. The molecule has 0 bridgehead atoms. The molecule has 0 saturated heterocycles. The summed E-state index contributed by atoms with van der Waals surface area (Å²) in [7, 11) is 0. The lowest BCUT2D eigenvalue weighted by Gasteiger charge is -2.17. The van der Waals surface area contributed by atoms with Gasteiger partial charge in [0, 0.05) is 11.1 Å². The number of ether oxygens (including phenoxy) is 1. The molecule has 26 heavy (non-hydrogen) atoms. The van der Waals surface area contributed by atoms with Gasteiger partial charge < -0.3 is 4.74 Å². The van der Waals surface area contributed by atoms with Crippen molar-refractivity contribution in [1.29, 1.82) is 0 Å². The fourth-order valence-electron chi connectivity index (χ4n) is 2.66. The maximum absolute atomic E-state index is 14.2. The Bertz CT molecular complexity index is 761. The molecule has 0 heterocycles. The van der Waals surface area contributed by atoms with Crippen molar-refractivity contribution >= 4 is 5.97 Å². The van der Waals surface area contributed by atoms with Crippen LogP contribution in [0.25, 0.3) is 0 Å². The van der Waals surface area contributed by atoms with Gasteiger partial charge in [-0.25, -0.2) is 17.6 Å². The highest BCUT2D eigenvalue weighted by molar-refractivity contribution is 5.73. The van der Waals surface area contributed by atoms with Gasteiger partial charge in [0.15, 0.2) is 23.3 Å². The molecule has 0 saturated carbocycles. The standard InChI is InChI=1S/C20H20F4O2/c1-4-11(2)16-19(23)17(21)14(18(22)20(16)24)10-15(25)26-12(3)13-8-6-5-7-9-13/h5-9,11-12H,4,10H2,1-3H3. The minimum Gasteiger partial charge on any atom is -0.458 e. The summed E-state index contributed by atoms with van der Waals surface area (Å²) in [6.07, 6.45) is -1.25. The molecule has 0 radical (unpaired) electrons. The van der Waals surface area contributed by atoms with E-state index in [1.54, 1.807) is 44.2 Å². The minimum absolute atomic E-state index is 0.308. The highest BCUT2D eigenvalue weighted by Crippen LogP contribution is 2.31. The van der Waals surface area contributed by atoms with Crippen LogP contribution < -0.4 is 0 Å². The van der Waals surface area contributed by atoms with Crippen LogP contribution in [0.4, 0.5) is 17.6 Å². The molecule has 0 spiro atoms. The van der Waals surface area contributed by atoms with Crippen molar-refractivity contribution in [2.45, 2.75) is 45.6 Å². The van der Waals surface area contributed by atoms with Crippen molar-refractivity contribution in [3.8, 4) is 0 Å². The van der Waals surface area contributed by atoms with Gasteiger partial charge in [0.05, 0.1) is 6.42 Å². The van der Waals surface area contributed by atoms with Gasteiger partial charge in [-0.2, -0.15) is 0 Å². The van der Waals surface area contributed by atoms with Crippen LogP contribution in [0.15, 0.2) is 30.3 Å². The van der Waals surface area contributed by atoms with E-state index in [1.165, 1.54) is 6.92 Å². The molecule has 6 heteroatoms. The summed E-state index contributed by atoms with van der Waals surface area (Å²) in [6.45, 7) is 4.71. The third-order valence-corrected chi connectivity index (χ3v) is 4.39. The van der Waals surface area contributed by atoms with Gasteiger partial charge in [-0.05, 0) is 24.8 Å². The van der Waals surface area contributed by atoms with Gasteiger partial charge in [0.1, 0.15) is 6.10 Å². The smallest absolute Gasteiger partial charge is 0.311 e. The number of halogens is 4.